The van der Waals surface area contributed by atoms with Crippen molar-refractivity contribution >= 4 is 0 Å². The molecule has 0 fully saturated rings. The van der Waals surface area contributed by atoms with Gasteiger partial charge in [-0.05, 0) is 0 Å². The van der Waals surface area contributed by atoms with Crippen molar-refractivity contribution in [3.63, 3.8) is 0 Å². The molecule has 0 heterocycles. The molecule has 8 heavy (non-hydrogen) atoms. The Morgan fingerprint density at radius 2 is 1.62 bits per heavy atom. The predicted molar refractivity (Wildman–Crippen MR) is 28.9 cm³/mol. The molecule has 0 radical (unpaired) electrons. The molecule has 0 aromatic heterocycles. The SMILES string of the molecule is [CH2+]OC(C)(OC)OC. The highest BCUT2D eigenvalue weighted by atomic mass is 16.9. The zero-order valence-corrected chi connectivity index (χ0v) is 5.43. The van der Waals surface area contributed by atoms with Gasteiger partial charge in [-0.2, -0.15) is 0 Å². The van der Waals surface area contributed by atoms with Gasteiger partial charge in [-0.1, -0.05) is 0 Å². The molecule has 0 atom stereocenters. The summed E-state index contributed by atoms with van der Waals surface area (Å²) in [5.41, 5.74) is 0. The third-order valence-corrected chi connectivity index (χ3v) is 1.00. The van der Waals surface area contributed by atoms with Crippen LogP contribution in [0.3, 0.4) is 0 Å². The summed E-state index contributed by atoms with van der Waals surface area (Å²) < 4.78 is 14.0. The van der Waals surface area contributed by atoms with Gasteiger partial charge in [-0.3, -0.25) is 0 Å². The molecule has 0 aliphatic heterocycles. The van der Waals surface area contributed by atoms with Crippen LogP contribution in [0.15, 0.2) is 0 Å². The number of ether oxygens (including phenoxy) is 3. The van der Waals surface area contributed by atoms with E-state index in [1.165, 1.54) is 14.2 Å². The Labute approximate surface area is 49.5 Å². The summed E-state index contributed by atoms with van der Waals surface area (Å²) in [5, 5.41) is 0. The first-order valence-corrected chi connectivity index (χ1v) is 2.22. The van der Waals surface area contributed by atoms with E-state index in [4.69, 9.17) is 9.47 Å². The van der Waals surface area contributed by atoms with Crippen LogP contribution in [0.25, 0.3) is 0 Å². The van der Waals surface area contributed by atoms with Gasteiger partial charge in [0.15, 0.2) is 0 Å². The molecule has 0 aromatic carbocycles. The fourth-order valence-electron chi connectivity index (χ4n) is 0.201. The fourth-order valence-corrected chi connectivity index (χ4v) is 0.201. The van der Waals surface area contributed by atoms with Gasteiger partial charge < -0.3 is 9.47 Å². The average Bonchev–Trinajstić information content (AvgIpc) is 1.87. The summed E-state index contributed by atoms with van der Waals surface area (Å²) in [7, 11) is 6.11. The minimum atomic E-state index is -0.986. The summed E-state index contributed by atoms with van der Waals surface area (Å²) in [5.74, 6) is -0.986. The number of hydrogen-bond acceptors (Lipinski definition) is 3. The molecule has 0 aliphatic carbocycles. The van der Waals surface area contributed by atoms with Gasteiger partial charge >= 0.3 is 5.97 Å². The Balaban J connectivity index is 3.58. The number of rotatable bonds is 3. The van der Waals surface area contributed by atoms with Crippen molar-refractivity contribution in [1.29, 1.82) is 0 Å². The molecule has 0 unspecified atom stereocenters. The first-order chi connectivity index (χ1) is 3.68. The molecule has 0 saturated heterocycles. The zero-order valence-electron chi connectivity index (χ0n) is 5.43. The van der Waals surface area contributed by atoms with Gasteiger partial charge in [0.2, 0.25) is 7.11 Å². The zero-order chi connectivity index (χ0) is 6.62. The van der Waals surface area contributed by atoms with Gasteiger partial charge in [0.1, 0.15) is 0 Å². The summed E-state index contributed by atoms with van der Waals surface area (Å²) in [6.07, 6.45) is 0. The highest BCUT2D eigenvalue weighted by Gasteiger charge is 2.25. The van der Waals surface area contributed by atoms with Crippen LogP contribution in [0.2, 0.25) is 0 Å². The Morgan fingerprint density at radius 1 is 1.25 bits per heavy atom. The fraction of sp³-hybridized carbons (Fsp3) is 0.800. The molecule has 0 rings (SSSR count). The maximum atomic E-state index is 4.73. The third-order valence-electron chi connectivity index (χ3n) is 1.00. The van der Waals surface area contributed by atoms with Gasteiger partial charge in [0, 0.05) is 21.1 Å². The number of methoxy groups -OCH3 is 2. The summed E-state index contributed by atoms with van der Waals surface area (Å²) in [6.45, 7) is 1.62. The maximum Gasteiger partial charge on any atom is 0.323 e. The second-order valence-corrected chi connectivity index (χ2v) is 1.41. The standard InChI is InChI=1S/C5H11O3/c1-5(6-2,7-3)8-4/h2H2,1,3-4H3/q+1. The first kappa shape index (κ1) is 7.75. The van der Waals surface area contributed by atoms with E-state index in [1.54, 1.807) is 6.92 Å². The van der Waals surface area contributed by atoms with Gasteiger partial charge in [-0.15, -0.1) is 4.74 Å². The van der Waals surface area contributed by atoms with Crippen LogP contribution in [-0.2, 0) is 14.2 Å². The van der Waals surface area contributed by atoms with Gasteiger partial charge in [0.05, 0.1) is 0 Å². The molecule has 3 heteroatoms. The Kier molecular flexibility index (Phi) is 2.82. The van der Waals surface area contributed by atoms with Gasteiger partial charge in [0.25, 0.3) is 0 Å². The minimum Gasteiger partial charge on any atom is -0.328 e. The second kappa shape index (κ2) is 2.91. The van der Waals surface area contributed by atoms with E-state index in [0.29, 0.717) is 0 Å². The van der Waals surface area contributed by atoms with Gasteiger partial charge in [-0.25, -0.2) is 0 Å². The van der Waals surface area contributed by atoms with Crippen LogP contribution in [0.4, 0.5) is 0 Å². The molecule has 0 aliphatic rings. The molecule has 0 bridgehead atoms. The molecular formula is C5H11O3+. The van der Waals surface area contributed by atoms with Crippen LogP contribution in [0, 0.1) is 7.11 Å². The Bertz CT molecular complexity index is 50.4. The van der Waals surface area contributed by atoms with Crippen molar-refractivity contribution in [3.05, 3.63) is 7.11 Å². The van der Waals surface area contributed by atoms with E-state index < -0.39 is 5.97 Å². The lowest BCUT2D eigenvalue weighted by atomic mass is 10.6. The largest absolute Gasteiger partial charge is 0.328 e. The average molecular weight is 119 g/mol. The molecule has 48 valence electrons. The highest BCUT2D eigenvalue weighted by Crippen LogP contribution is 2.09. The van der Waals surface area contributed by atoms with E-state index in [-0.39, 0.29) is 0 Å². The van der Waals surface area contributed by atoms with Crippen LogP contribution in [0.1, 0.15) is 6.92 Å². The van der Waals surface area contributed by atoms with E-state index >= 15 is 0 Å². The Hall–Kier alpha value is -0.250. The van der Waals surface area contributed by atoms with Crippen LogP contribution in [0.5, 0.6) is 0 Å². The topological polar surface area (TPSA) is 27.7 Å². The molecule has 0 N–H and O–H groups in total. The molecule has 3 nitrogen and oxygen atoms in total. The molecular weight excluding hydrogens is 108 g/mol. The van der Waals surface area contributed by atoms with Crippen molar-refractivity contribution in [1.82, 2.24) is 0 Å². The molecule has 0 aromatic rings. The lowest BCUT2D eigenvalue weighted by Crippen LogP contribution is -2.30. The number of hydrogen-bond donors (Lipinski definition) is 0. The second-order valence-electron chi connectivity index (χ2n) is 1.41. The lowest BCUT2D eigenvalue weighted by Gasteiger charge is -2.18. The smallest absolute Gasteiger partial charge is 0.323 e. The van der Waals surface area contributed by atoms with E-state index in [9.17, 15) is 0 Å². The monoisotopic (exact) mass is 119 g/mol. The minimum absolute atomic E-state index is 0.986. The highest BCUT2D eigenvalue weighted by molar-refractivity contribution is 4.41. The van der Waals surface area contributed by atoms with Crippen LogP contribution in [-0.4, -0.2) is 20.2 Å². The normalized spacial score (nSPS) is 11.9. The quantitative estimate of drug-likeness (QED) is 0.405. The third kappa shape index (κ3) is 1.69. The summed E-state index contributed by atoms with van der Waals surface area (Å²) in [4.78, 5) is 0. The van der Waals surface area contributed by atoms with Crippen molar-refractivity contribution in [2.45, 2.75) is 12.9 Å². The Morgan fingerprint density at radius 3 is 1.62 bits per heavy atom. The maximum absolute atomic E-state index is 4.73. The van der Waals surface area contributed by atoms with Crippen molar-refractivity contribution in [3.8, 4) is 0 Å². The molecule has 0 amide bonds. The van der Waals surface area contributed by atoms with Crippen molar-refractivity contribution in [2.75, 3.05) is 14.2 Å². The van der Waals surface area contributed by atoms with Crippen LogP contribution < -0.4 is 0 Å². The van der Waals surface area contributed by atoms with Crippen molar-refractivity contribution < 1.29 is 14.2 Å². The first-order valence-electron chi connectivity index (χ1n) is 2.22. The molecule has 0 spiro atoms. The summed E-state index contributed by atoms with van der Waals surface area (Å²) in [6, 6.07) is 0. The lowest BCUT2D eigenvalue weighted by molar-refractivity contribution is -0.330. The van der Waals surface area contributed by atoms with E-state index in [0.717, 1.165) is 0 Å². The van der Waals surface area contributed by atoms with E-state index in [1.807, 2.05) is 0 Å². The van der Waals surface area contributed by atoms with E-state index in [2.05, 4.69) is 11.8 Å². The summed E-state index contributed by atoms with van der Waals surface area (Å²) >= 11 is 0. The van der Waals surface area contributed by atoms with Crippen molar-refractivity contribution in [2.24, 2.45) is 0 Å². The molecule has 0 saturated carbocycles. The predicted octanol–water partition coefficient (Wildman–Crippen LogP) is 0.761. The van der Waals surface area contributed by atoms with Crippen LogP contribution >= 0.6 is 0 Å².